The van der Waals surface area contributed by atoms with Gasteiger partial charge in [-0.05, 0) is 6.07 Å². The van der Waals surface area contributed by atoms with Crippen molar-refractivity contribution in [3.8, 4) is 0 Å². The highest BCUT2D eigenvalue weighted by molar-refractivity contribution is 5.85. The van der Waals surface area contributed by atoms with E-state index in [-0.39, 0.29) is 24.8 Å². The number of nitrogens with zero attached hydrogens (tertiary/aromatic N) is 2. The van der Waals surface area contributed by atoms with Gasteiger partial charge in [0.1, 0.15) is 5.52 Å². The minimum Gasteiger partial charge on any atom is -0.397 e. The number of hydrogen-bond donors (Lipinski definition) is 2. The molecule has 0 saturated carbocycles. The van der Waals surface area contributed by atoms with Crippen molar-refractivity contribution >= 4 is 41.7 Å². The number of hydrogen-bond acceptors (Lipinski definition) is 3. The zero-order valence-corrected chi connectivity index (χ0v) is 7.65. The molecule has 6 heteroatoms. The number of halogens is 2. The minimum absolute atomic E-state index is 0. The van der Waals surface area contributed by atoms with Gasteiger partial charge in [-0.2, -0.15) is 0 Å². The Morgan fingerprint density at radius 2 is 2.00 bits per heavy atom. The Morgan fingerprint density at radius 3 is 2.67 bits per heavy atom. The number of aromatic amines is 1. The number of nitrogens with two attached hydrogens (primary N) is 1. The molecule has 4 nitrogen and oxygen atoms in total. The van der Waals surface area contributed by atoms with Crippen LogP contribution in [0.15, 0.2) is 18.6 Å². The molecule has 0 unspecified atom stereocenters. The predicted molar refractivity (Wildman–Crippen MR) is 52.8 cm³/mol. The van der Waals surface area contributed by atoms with Crippen LogP contribution in [0.5, 0.6) is 0 Å². The lowest BCUT2D eigenvalue weighted by molar-refractivity contribution is 1.30. The molecule has 0 aliphatic rings. The Hall–Kier alpha value is -1.00. The molecule has 0 atom stereocenters. The number of anilines is 1. The zero-order chi connectivity index (χ0) is 6.97. The molecule has 0 aromatic carbocycles. The van der Waals surface area contributed by atoms with E-state index in [0.717, 1.165) is 5.52 Å². The zero-order valence-electron chi connectivity index (χ0n) is 6.02. The molecule has 0 bridgehead atoms. The summed E-state index contributed by atoms with van der Waals surface area (Å²) in [6.07, 6.45) is 3.21. The molecule has 3 N–H and O–H groups in total. The SMILES string of the molecule is Cl.Cl.Nc1ccnc2nc[nH]c12. The van der Waals surface area contributed by atoms with Crippen LogP contribution in [-0.2, 0) is 0 Å². The van der Waals surface area contributed by atoms with Crippen molar-refractivity contribution in [3.63, 3.8) is 0 Å². The highest BCUT2D eigenvalue weighted by Gasteiger charge is 1.97. The van der Waals surface area contributed by atoms with Crippen LogP contribution in [0.4, 0.5) is 5.69 Å². The van der Waals surface area contributed by atoms with Gasteiger partial charge in [-0.3, -0.25) is 0 Å². The molecular formula is C6H8Cl2N4. The maximum absolute atomic E-state index is 5.59. The van der Waals surface area contributed by atoms with Crippen LogP contribution >= 0.6 is 24.8 Å². The third kappa shape index (κ3) is 1.60. The van der Waals surface area contributed by atoms with Crippen molar-refractivity contribution < 1.29 is 0 Å². The van der Waals surface area contributed by atoms with Crippen molar-refractivity contribution in [2.75, 3.05) is 5.73 Å². The second kappa shape index (κ2) is 4.13. The van der Waals surface area contributed by atoms with Gasteiger partial charge in [0.25, 0.3) is 0 Å². The predicted octanol–water partition coefficient (Wildman–Crippen LogP) is 1.38. The van der Waals surface area contributed by atoms with Crippen molar-refractivity contribution in [1.82, 2.24) is 15.0 Å². The molecule has 0 radical (unpaired) electrons. The highest BCUT2D eigenvalue weighted by atomic mass is 35.5. The Balaban J connectivity index is 0.000000605. The van der Waals surface area contributed by atoms with Gasteiger partial charge < -0.3 is 10.7 Å². The first-order valence-electron chi connectivity index (χ1n) is 2.91. The fourth-order valence-corrected chi connectivity index (χ4v) is 0.869. The van der Waals surface area contributed by atoms with Crippen LogP contribution in [0.3, 0.4) is 0 Å². The van der Waals surface area contributed by atoms with E-state index in [1.807, 2.05) is 0 Å². The number of aromatic nitrogens is 3. The van der Waals surface area contributed by atoms with Gasteiger partial charge in [0.05, 0.1) is 12.0 Å². The normalized spacial score (nSPS) is 8.67. The second-order valence-electron chi connectivity index (χ2n) is 2.00. The number of pyridine rings is 1. The van der Waals surface area contributed by atoms with Gasteiger partial charge >= 0.3 is 0 Å². The van der Waals surface area contributed by atoms with Crippen molar-refractivity contribution in [1.29, 1.82) is 0 Å². The van der Waals surface area contributed by atoms with Gasteiger partial charge in [0.15, 0.2) is 5.65 Å². The third-order valence-corrected chi connectivity index (χ3v) is 1.36. The van der Waals surface area contributed by atoms with Crippen LogP contribution in [0.25, 0.3) is 11.2 Å². The van der Waals surface area contributed by atoms with E-state index in [1.165, 1.54) is 0 Å². The van der Waals surface area contributed by atoms with E-state index < -0.39 is 0 Å². The molecular weight excluding hydrogens is 199 g/mol. The molecule has 12 heavy (non-hydrogen) atoms. The first-order valence-corrected chi connectivity index (χ1v) is 2.91. The fraction of sp³-hybridized carbons (Fsp3) is 0. The number of imidazole rings is 1. The molecule has 2 aromatic rings. The summed E-state index contributed by atoms with van der Waals surface area (Å²) in [6, 6.07) is 1.74. The summed E-state index contributed by atoms with van der Waals surface area (Å²) in [5, 5.41) is 0. The molecule has 2 heterocycles. The first-order chi connectivity index (χ1) is 4.88. The average molecular weight is 207 g/mol. The van der Waals surface area contributed by atoms with Gasteiger partial charge in [-0.25, -0.2) is 9.97 Å². The van der Waals surface area contributed by atoms with E-state index >= 15 is 0 Å². The van der Waals surface area contributed by atoms with Gasteiger partial charge in [0.2, 0.25) is 0 Å². The standard InChI is InChI=1S/C6H6N4.2ClH/c7-4-1-2-8-6-5(4)9-3-10-6;;/h1-3H,(H3,7,8,9,10);2*1H. The lowest BCUT2D eigenvalue weighted by Gasteiger charge is -1.90. The summed E-state index contributed by atoms with van der Waals surface area (Å²) < 4.78 is 0. The van der Waals surface area contributed by atoms with Crippen molar-refractivity contribution in [3.05, 3.63) is 18.6 Å². The Kier molecular flexibility index (Phi) is 3.79. The summed E-state index contributed by atoms with van der Waals surface area (Å²) in [7, 11) is 0. The summed E-state index contributed by atoms with van der Waals surface area (Å²) >= 11 is 0. The molecule has 0 aliphatic carbocycles. The molecule has 0 fully saturated rings. The first kappa shape index (κ1) is 11.0. The van der Waals surface area contributed by atoms with Crippen LogP contribution in [0.2, 0.25) is 0 Å². The lowest BCUT2D eigenvalue weighted by atomic mass is 10.4. The molecule has 0 spiro atoms. The van der Waals surface area contributed by atoms with Crippen LogP contribution in [-0.4, -0.2) is 15.0 Å². The lowest BCUT2D eigenvalue weighted by Crippen LogP contribution is -1.86. The van der Waals surface area contributed by atoms with E-state index in [9.17, 15) is 0 Å². The third-order valence-electron chi connectivity index (χ3n) is 1.36. The molecule has 2 aromatic heterocycles. The summed E-state index contributed by atoms with van der Waals surface area (Å²) in [5.41, 5.74) is 7.75. The van der Waals surface area contributed by atoms with Crippen molar-refractivity contribution in [2.45, 2.75) is 0 Å². The monoisotopic (exact) mass is 206 g/mol. The summed E-state index contributed by atoms with van der Waals surface area (Å²) in [4.78, 5) is 10.8. The van der Waals surface area contributed by atoms with E-state index in [2.05, 4.69) is 15.0 Å². The quantitative estimate of drug-likeness (QED) is 0.685. The molecule has 0 saturated heterocycles. The maximum Gasteiger partial charge on any atom is 0.179 e. The van der Waals surface area contributed by atoms with Crippen molar-refractivity contribution in [2.24, 2.45) is 0 Å². The number of rotatable bonds is 0. The number of nitrogens with one attached hydrogen (secondary N) is 1. The number of H-pyrrole nitrogens is 1. The van der Waals surface area contributed by atoms with Gasteiger partial charge in [0, 0.05) is 6.20 Å². The van der Waals surface area contributed by atoms with Gasteiger partial charge in [-0.1, -0.05) is 0 Å². The van der Waals surface area contributed by atoms with E-state index in [4.69, 9.17) is 5.73 Å². The average Bonchev–Trinajstić information content (AvgIpc) is 2.36. The van der Waals surface area contributed by atoms with Gasteiger partial charge in [-0.15, -0.1) is 24.8 Å². The molecule has 2 rings (SSSR count). The second-order valence-corrected chi connectivity index (χ2v) is 2.00. The Labute approximate surface area is 81.4 Å². The molecule has 0 amide bonds. The summed E-state index contributed by atoms with van der Waals surface area (Å²) in [5.74, 6) is 0. The van der Waals surface area contributed by atoms with E-state index in [1.54, 1.807) is 18.6 Å². The maximum atomic E-state index is 5.59. The topological polar surface area (TPSA) is 67.6 Å². The van der Waals surface area contributed by atoms with Crippen LogP contribution in [0.1, 0.15) is 0 Å². The Morgan fingerprint density at radius 1 is 1.25 bits per heavy atom. The largest absolute Gasteiger partial charge is 0.397 e. The molecule has 66 valence electrons. The van der Waals surface area contributed by atoms with E-state index in [0.29, 0.717) is 11.3 Å². The number of fused-ring (bicyclic) bond motifs is 1. The number of nitrogen functional groups attached to an aromatic ring is 1. The smallest absolute Gasteiger partial charge is 0.179 e. The highest BCUT2D eigenvalue weighted by Crippen LogP contribution is 2.12. The van der Waals surface area contributed by atoms with Crippen LogP contribution < -0.4 is 5.73 Å². The van der Waals surface area contributed by atoms with Crippen LogP contribution in [0, 0.1) is 0 Å². The molecule has 0 aliphatic heterocycles. The Bertz CT molecular complexity index is 359. The fourth-order valence-electron chi connectivity index (χ4n) is 0.869. The minimum atomic E-state index is 0. The summed E-state index contributed by atoms with van der Waals surface area (Å²) in [6.45, 7) is 0.